The highest BCUT2D eigenvalue weighted by atomic mass is 16.5. The van der Waals surface area contributed by atoms with E-state index in [1.165, 1.54) is 0 Å². The first kappa shape index (κ1) is 13.4. The molecule has 1 aliphatic heterocycles. The molecule has 1 unspecified atom stereocenters. The van der Waals surface area contributed by atoms with E-state index in [-0.39, 0.29) is 18.4 Å². The maximum atomic E-state index is 12.1. The number of likely N-dealkylation sites (N-methyl/N-ethyl adjacent to an activating group) is 1. The summed E-state index contributed by atoms with van der Waals surface area (Å²) in [5, 5.41) is 0. The Bertz CT molecular complexity index is 461. The van der Waals surface area contributed by atoms with Crippen molar-refractivity contribution in [3.8, 4) is 5.75 Å². The van der Waals surface area contributed by atoms with Gasteiger partial charge in [-0.3, -0.25) is 9.59 Å². The number of carbonyl (C=O) groups is 2. The molecule has 0 N–H and O–H groups in total. The maximum absolute atomic E-state index is 12.1. The van der Waals surface area contributed by atoms with Gasteiger partial charge in [-0.25, -0.2) is 0 Å². The minimum atomic E-state index is -0.411. The zero-order valence-corrected chi connectivity index (χ0v) is 11.2. The Morgan fingerprint density at radius 1 is 1.32 bits per heavy atom. The monoisotopic (exact) mass is 262 g/mol. The van der Waals surface area contributed by atoms with Crippen LogP contribution in [-0.4, -0.2) is 54.4 Å². The van der Waals surface area contributed by atoms with Crippen molar-refractivity contribution in [1.82, 2.24) is 9.80 Å². The number of amides is 2. The summed E-state index contributed by atoms with van der Waals surface area (Å²) in [5.41, 5.74) is 0. The van der Waals surface area contributed by atoms with Crippen molar-refractivity contribution in [2.75, 3.05) is 26.7 Å². The zero-order chi connectivity index (χ0) is 13.8. The molecule has 5 nitrogen and oxygen atoms in total. The molecule has 0 aromatic heterocycles. The van der Waals surface area contributed by atoms with Crippen LogP contribution in [0.4, 0.5) is 0 Å². The van der Waals surface area contributed by atoms with Gasteiger partial charge in [0.15, 0.2) is 6.61 Å². The molecule has 19 heavy (non-hydrogen) atoms. The summed E-state index contributed by atoms with van der Waals surface area (Å²) < 4.78 is 5.42. The number of hydrogen-bond acceptors (Lipinski definition) is 3. The summed E-state index contributed by atoms with van der Waals surface area (Å²) in [7, 11) is 1.75. The molecule has 2 rings (SSSR count). The van der Waals surface area contributed by atoms with Crippen molar-refractivity contribution in [1.29, 1.82) is 0 Å². The number of para-hydroxylation sites is 1. The van der Waals surface area contributed by atoms with Crippen molar-refractivity contribution >= 4 is 11.8 Å². The number of benzene rings is 1. The number of carbonyl (C=O) groups excluding carboxylic acids is 2. The van der Waals surface area contributed by atoms with Crippen LogP contribution in [0.2, 0.25) is 0 Å². The van der Waals surface area contributed by atoms with Crippen molar-refractivity contribution in [2.24, 2.45) is 0 Å². The fourth-order valence-corrected chi connectivity index (χ4v) is 2.10. The molecule has 1 fully saturated rings. The number of nitrogens with zero attached hydrogens (tertiary/aromatic N) is 2. The smallest absolute Gasteiger partial charge is 0.261 e. The van der Waals surface area contributed by atoms with Crippen LogP contribution in [0.3, 0.4) is 0 Å². The Morgan fingerprint density at radius 3 is 2.68 bits per heavy atom. The predicted octanol–water partition coefficient (Wildman–Crippen LogP) is 0.754. The van der Waals surface area contributed by atoms with Gasteiger partial charge in [-0.2, -0.15) is 0 Å². The van der Waals surface area contributed by atoms with E-state index in [0.717, 1.165) is 0 Å². The molecule has 1 aromatic rings. The van der Waals surface area contributed by atoms with Crippen molar-refractivity contribution in [3.05, 3.63) is 30.3 Å². The Hall–Kier alpha value is -2.04. The lowest BCUT2D eigenvalue weighted by molar-refractivity contribution is -0.150. The summed E-state index contributed by atoms with van der Waals surface area (Å²) >= 11 is 0. The Morgan fingerprint density at radius 2 is 2.00 bits per heavy atom. The molecule has 1 atom stereocenters. The second kappa shape index (κ2) is 5.73. The van der Waals surface area contributed by atoms with E-state index in [1.54, 1.807) is 35.9 Å². The Labute approximate surface area is 112 Å². The van der Waals surface area contributed by atoms with E-state index >= 15 is 0 Å². The molecule has 0 radical (unpaired) electrons. The summed E-state index contributed by atoms with van der Waals surface area (Å²) in [4.78, 5) is 27.1. The van der Waals surface area contributed by atoms with E-state index in [0.29, 0.717) is 18.8 Å². The molecular weight excluding hydrogens is 244 g/mol. The van der Waals surface area contributed by atoms with Gasteiger partial charge in [0.1, 0.15) is 11.8 Å². The van der Waals surface area contributed by atoms with Gasteiger partial charge in [0.25, 0.3) is 5.91 Å². The van der Waals surface area contributed by atoms with Crippen LogP contribution in [0.5, 0.6) is 5.75 Å². The normalized spacial score (nSPS) is 19.5. The number of hydrogen-bond donors (Lipinski definition) is 0. The van der Waals surface area contributed by atoms with Gasteiger partial charge < -0.3 is 14.5 Å². The molecule has 0 spiro atoms. The molecule has 2 amide bonds. The first-order valence-electron chi connectivity index (χ1n) is 6.32. The van der Waals surface area contributed by atoms with Crippen LogP contribution in [0.15, 0.2) is 30.3 Å². The summed E-state index contributed by atoms with van der Waals surface area (Å²) in [6.07, 6.45) is 0. The number of piperazine rings is 1. The molecule has 0 aliphatic carbocycles. The predicted molar refractivity (Wildman–Crippen MR) is 70.7 cm³/mol. The van der Waals surface area contributed by atoms with Crippen molar-refractivity contribution < 1.29 is 14.3 Å². The van der Waals surface area contributed by atoms with Crippen LogP contribution in [0.1, 0.15) is 6.92 Å². The quantitative estimate of drug-likeness (QED) is 0.808. The first-order chi connectivity index (χ1) is 9.09. The average Bonchev–Trinajstić information content (AvgIpc) is 2.43. The average molecular weight is 262 g/mol. The molecule has 0 saturated carbocycles. The lowest BCUT2D eigenvalue weighted by atomic mass is 10.2. The minimum Gasteiger partial charge on any atom is -0.484 e. The Balaban J connectivity index is 1.91. The summed E-state index contributed by atoms with van der Waals surface area (Å²) in [6, 6.07) is 8.77. The van der Waals surface area contributed by atoms with Crippen molar-refractivity contribution in [3.63, 3.8) is 0 Å². The third-order valence-corrected chi connectivity index (χ3v) is 3.30. The lowest BCUT2D eigenvalue weighted by Crippen LogP contribution is -2.57. The van der Waals surface area contributed by atoms with E-state index < -0.39 is 6.04 Å². The molecule has 1 heterocycles. The van der Waals surface area contributed by atoms with Gasteiger partial charge in [0, 0.05) is 20.1 Å². The molecule has 102 valence electrons. The van der Waals surface area contributed by atoms with Crippen LogP contribution in [0, 0.1) is 0 Å². The third-order valence-electron chi connectivity index (χ3n) is 3.30. The van der Waals surface area contributed by atoms with E-state index in [2.05, 4.69) is 0 Å². The molecule has 0 bridgehead atoms. The van der Waals surface area contributed by atoms with Gasteiger partial charge in [0.05, 0.1) is 0 Å². The SMILES string of the molecule is CC1C(=O)N(C)CCN1C(=O)COc1ccccc1. The topological polar surface area (TPSA) is 49.9 Å². The molecule has 1 aromatic carbocycles. The molecular formula is C14H18N2O3. The van der Waals surface area contributed by atoms with Crippen LogP contribution in [0.25, 0.3) is 0 Å². The van der Waals surface area contributed by atoms with Crippen LogP contribution < -0.4 is 4.74 Å². The highest BCUT2D eigenvalue weighted by molar-refractivity contribution is 5.88. The Kier molecular flexibility index (Phi) is 4.04. The minimum absolute atomic E-state index is 0.0284. The highest BCUT2D eigenvalue weighted by Gasteiger charge is 2.32. The van der Waals surface area contributed by atoms with Gasteiger partial charge in [-0.05, 0) is 19.1 Å². The van der Waals surface area contributed by atoms with E-state index in [9.17, 15) is 9.59 Å². The van der Waals surface area contributed by atoms with Gasteiger partial charge in [0.2, 0.25) is 5.91 Å². The van der Waals surface area contributed by atoms with Gasteiger partial charge in [-0.1, -0.05) is 18.2 Å². The summed E-state index contributed by atoms with van der Waals surface area (Å²) in [5.74, 6) is 0.473. The number of ether oxygens (including phenoxy) is 1. The van der Waals surface area contributed by atoms with Gasteiger partial charge >= 0.3 is 0 Å². The fraction of sp³-hybridized carbons (Fsp3) is 0.429. The summed E-state index contributed by atoms with van der Waals surface area (Å²) in [6.45, 7) is 2.84. The van der Waals surface area contributed by atoms with Crippen LogP contribution >= 0.6 is 0 Å². The van der Waals surface area contributed by atoms with Gasteiger partial charge in [-0.15, -0.1) is 0 Å². The molecule has 1 saturated heterocycles. The van der Waals surface area contributed by atoms with E-state index in [4.69, 9.17) is 4.74 Å². The zero-order valence-electron chi connectivity index (χ0n) is 11.2. The fourth-order valence-electron chi connectivity index (χ4n) is 2.10. The lowest BCUT2D eigenvalue weighted by Gasteiger charge is -2.37. The largest absolute Gasteiger partial charge is 0.484 e. The number of rotatable bonds is 3. The second-order valence-corrected chi connectivity index (χ2v) is 4.62. The standard InChI is InChI=1S/C14H18N2O3/c1-11-14(18)15(2)8-9-16(11)13(17)10-19-12-6-4-3-5-7-12/h3-7,11H,8-10H2,1-2H3. The van der Waals surface area contributed by atoms with Crippen LogP contribution in [-0.2, 0) is 9.59 Å². The maximum Gasteiger partial charge on any atom is 0.261 e. The molecule has 1 aliphatic rings. The van der Waals surface area contributed by atoms with E-state index in [1.807, 2.05) is 18.2 Å². The van der Waals surface area contributed by atoms with Crippen molar-refractivity contribution in [2.45, 2.75) is 13.0 Å². The second-order valence-electron chi connectivity index (χ2n) is 4.62. The first-order valence-corrected chi connectivity index (χ1v) is 6.32. The third kappa shape index (κ3) is 3.05. The molecule has 5 heteroatoms. The highest BCUT2D eigenvalue weighted by Crippen LogP contribution is 2.12.